The molecule has 3 fully saturated rings. The quantitative estimate of drug-likeness (QED) is 0.745. The van der Waals surface area contributed by atoms with Gasteiger partial charge < -0.3 is 9.80 Å². The molecule has 3 saturated heterocycles. The van der Waals surface area contributed by atoms with Crippen LogP contribution in [-0.4, -0.2) is 71.3 Å². The minimum absolute atomic E-state index is 0.0550. The normalized spacial score (nSPS) is 25.2. The number of pyridine rings is 1. The average Bonchev–Trinajstić information content (AvgIpc) is 3.27. The highest BCUT2D eigenvalue weighted by molar-refractivity contribution is 5.86. The van der Waals surface area contributed by atoms with Gasteiger partial charge in [0.15, 0.2) is 0 Å². The standard InChI is InChI=1S/C26H32N4O2/c1-28-13-11-26(24(28)32)20-29(18-22-8-5-12-27-17-22)19-25(26)9-14-30(15-10-25)23(31)16-21-6-3-2-4-7-21/h2-8,12,17H,9-11,13-16,18-20H2,1H3. The Bertz CT molecular complexity index is 972. The zero-order valence-electron chi connectivity index (χ0n) is 18.9. The van der Waals surface area contributed by atoms with Crippen molar-refractivity contribution in [2.45, 2.75) is 32.2 Å². The molecule has 1 atom stereocenters. The summed E-state index contributed by atoms with van der Waals surface area (Å²) in [6.45, 7) is 4.87. The summed E-state index contributed by atoms with van der Waals surface area (Å²) in [6, 6.07) is 14.0. The fourth-order valence-electron chi connectivity index (χ4n) is 6.32. The van der Waals surface area contributed by atoms with Crippen molar-refractivity contribution in [1.82, 2.24) is 19.7 Å². The van der Waals surface area contributed by atoms with E-state index in [-0.39, 0.29) is 16.7 Å². The number of rotatable bonds is 4. The predicted octanol–water partition coefficient (Wildman–Crippen LogP) is 2.60. The van der Waals surface area contributed by atoms with Gasteiger partial charge in [0.1, 0.15) is 0 Å². The van der Waals surface area contributed by atoms with Crippen LogP contribution in [0.4, 0.5) is 0 Å². The summed E-state index contributed by atoms with van der Waals surface area (Å²) in [6.07, 6.45) is 6.89. The van der Waals surface area contributed by atoms with Crippen LogP contribution < -0.4 is 0 Å². The largest absolute Gasteiger partial charge is 0.345 e. The van der Waals surface area contributed by atoms with E-state index in [9.17, 15) is 9.59 Å². The van der Waals surface area contributed by atoms with Crippen LogP contribution >= 0.6 is 0 Å². The first-order valence-electron chi connectivity index (χ1n) is 11.7. The summed E-state index contributed by atoms with van der Waals surface area (Å²) in [7, 11) is 1.94. The SMILES string of the molecule is CN1CCC2(CN(Cc3cccnc3)CC23CCN(C(=O)Cc2ccccc2)CC3)C1=O. The summed E-state index contributed by atoms with van der Waals surface area (Å²) < 4.78 is 0. The topological polar surface area (TPSA) is 56.8 Å². The van der Waals surface area contributed by atoms with Gasteiger partial charge in [-0.15, -0.1) is 0 Å². The minimum Gasteiger partial charge on any atom is -0.345 e. The minimum atomic E-state index is -0.321. The maximum Gasteiger partial charge on any atom is 0.230 e. The highest BCUT2D eigenvalue weighted by Crippen LogP contribution is 2.57. The number of carbonyl (C=O) groups excluding carboxylic acids is 2. The van der Waals surface area contributed by atoms with Crippen LogP contribution in [0.1, 0.15) is 30.4 Å². The number of amides is 2. The molecule has 6 nitrogen and oxygen atoms in total. The van der Waals surface area contributed by atoms with Crippen molar-refractivity contribution in [2.24, 2.45) is 10.8 Å². The van der Waals surface area contributed by atoms with E-state index in [0.29, 0.717) is 12.3 Å². The van der Waals surface area contributed by atoms with E-state index in [0.717, 1.165) is 64.1 Å². The van der Waals surface area contributed by atoms with E-state index in [4.69, 9.17) is 0 Å². The van der Waals surface area contributed by atoms with Crippen LogP contribution in [0, 0.1) is 10.8 Å². The lowest BCUT2D eigenvalue weighted by atomic mass is 9.60. The molecule has 168 valence electrons. The molecule has 2 amide bonds. The summed E-state index contributed by atoms with van der Waals surface area (Å²) in [4.78, 5) is 37.1. The molecule has 0 N–H and O–H groups in total. The molecule has 2 aromatic rings. The van der Waals surface area contributed by atoms with Crippen LogP contribution in [0.3, 0.4) is 0 Å². The third-order valence-electron chi connectivity index (χ3n) is 8.07. The van der Waals surface area contributed by atoms with Gasteiger partial charge in [0.2, 0.25) is 11.8 Å². The van der Waals surface area contributed by atoms with Gasteiger partial charge in [-0.1, -0.05) is 36.4 Å². The Morgan fingerprint density at radius 2 is 1.72 bits per heavy atom. The molecule has 3 aliphatic rings. The predicted molar refractivity (Wildman–Crippen MR) is 123 cm³/mol. The van der Waals surface area contributed by atoms with Crippen molar-refractivity contribution in [3.8, 4) is 0 Å². The van der Waals surface area contributed by atoms with Gasteiger partial charge in [-0.25, -0.2) is 0 Å². The maximum atomic E-state index is 13.5. The Morgan fingerprint density at radius 3 is 2.38 bits per heavy atom. The summed E-state index contributed by atoms with van der Waals surface area (Å²) in [5.41, 5.74) is 1.87. The number of hydrogen-bond donors (Lipinski definition) is 0. The number of fused-ring (bicyclic) bond motifs is 1. The molecule has 1 aromatic heterocycles. The molecule has 32 heavy (non-hydrogen) atoms. The van der Waals surface area contributed by atoms with E-state index in [1.165, 1.54) is 5.56 Å². The summed E-state index contributed by atoms with van der Waals surface area (Å²) in [5, 5.41) is 0. The Balaban J connectivity index is 1.32. The van der Waals surface area contributed by atoms with Gasteiger partial charge >= 0.3 is 0 Å². The lowest BCUT2D eigenvalue weighted by Gasteiger charge is -2.47. The van der Waals surface area contributed by atoms with Gasteiger partial charge in [0.25, 0.3) is 0 Å². The number of benzene rings is 1. The van der Waals surface area contributed by atoms with Crippen molar-refractivity contribution in [2.75, 3.05) is 39.8 Å². The van der Waals surface area contributed by atoms with Crippen LogP contribution in [-0.2, 0) is 22.6 Å². The molecule has 0 bridgehead atoms. The molecule has 0 radical (unpaired) electrons. The molecule has 3 aliphatic heterocycles. The molecule has 2 spiro atoms. The van der Waals surface area contributed by atoms with E-state index in [1.54, 1.807) is 6.20 Å². The number of aromatic nitrogens is 1. The smallest absolute Gasteiger partial charge is 0.230 e. The van der Waals surface area contributed by atoms with Gasteiger partial charge in [-0.2, -0.15) is 0 Å². The van der Waals surface area contributed by atoms with E-state index >= 15 is 0 Å². The van der Waals surface area contributed by atoms with Gasteiger partial charge in [0.05, 0.1) is 11.8 Å². The second-order valence-corrected chi connectivity index (χ2v) is 9.89. The number of nitrogens with zero attached hydrogens (tertiary/aromatic N) is 4. The zero-order valence-corrected chi connectivity index (χ0v) is 18.9. The molecule has 5 rings (SSSR count). The van der Waals surface area contributed by atoms with Gasteiger partial charge in [-0.05, 0) is 36.5 Å². The lowest BCUT2D eigenvalue weighted by molar-refractivity contribution is -0.143. The first kappa shape index (κ1) is 21.1. The molecule has 0 saturated carbocycles. The van der Waals surface area contributed by atoms with Crippen molar-refractivity contribution in [1.29, 1.82) is 0 Å². The fourth-order valence-corrected chi connectivity index (χ4v) is 6.32. The summed E-state index contributed by atoms with van der Waals surface area (Å²) in [5.74, 6) is 0.496. The third-order valence-corrected chi connectivity index (χ3v) is 8.07. The number of piperidine rings is 1. The van der Waals surface area contributed by atoms with E-state index in [1.807, 2.05) is 59.4 Å². The second-order valence-electron chi connectivity index (χ2n) is 9.89. The first-order valence-corrected chi connectivity index (χ1v) is 11.7. The second kappa shape index (κ2) is 8.32. The monoisotopic (exact) mass is 432 g/mol. The lowest BCUT2D eigenvalue weighted by Crippen LogP contribution is -2.53. The van der Waals surface area contributed by atoms with Crippen LogP contribution in [0.2, 0.25) is 0 Å². The maximum absolute atomic E-state index is 13.5. The third kappa shape index (κ3) is 3.60. The Morgan fingerprint density at radius 1 is 0.969 bits per heavy atom. The highest BCUT2D eigenvalue weighted by atomic mass is 16.2. The number of carbonyl (C=O) groups is 2. The van der Waals surface area contributed by atoms with Crippen molar-refractivity contribution in [3.63, 3.8) is 0 Å². The number of hydrogen-bond acceptors (Lipinski definition) is 4. The van der Waals surface area contributed by atoms with E-state index in [2.05, 4.69) is 16.0 Å². The Labute approximate surface area is 190 Å². The van der Waals surface area contributed by atoms with Crippen LogP contribution in [0.25, 0.3) is 0 Å². The van der Waals surface area contributed by atoms with E-state index < -0.39 is 0 Å². The summed E-state index contributed by atoms with van der Waals surface area (Å²) >= 11 is 0. The molecular weight excluding hydrogens is 400 g/mol. The van der Waals surface area contributed by atoms with Gasteiger partial charge in [-0.3, -0.25) is 19.5 Å². The number of likely N-dealkylation sites (tertiary alicyclic amines) is 3. The van der Waals surface area contributed by atoms with Crippen LogP contribution in [0.5, 0.6) is 0 Å². The Kier molecular flexibility index (Phi) is 5.49. The van der Waals surface area contributed by atoms with Crippen molar-refractivity contribution in [3.05, 3.63) is 66.0 Å². The fraction of sp³-hybridized carbons (Fsp3) is 0.500. The average molecular weight is 433 g/mol. The first-order chi connectivity index (χ1) is 15.5. The molecular formula is C26H32N4O2. The molecule has 0 aliphatic carbocycles. The van der Waals surface area contributed by atoms with Gasteiger partial charge in [0, 0.05) is 64.1 Å². The highest BCUT2D eigenvalue weighted by Gasteiger charge is 2.64. The van der Waals surface area contributed by atoms with Crippen LogP contribution in [0.15, 0.2) is 54.9 Å². The molecule has 4 heterocycles. The molecule has 1 unspecified atom stereocenters. The molecule has 6 heteroatoms. The van der Waals surface area contributed by atoms with Crippen molar-refractivity contribution >= 4 is 11.8 Å². The zero-order chi connectivity index (χ0) is 22.2. The Hall–Kier alpha value is -2.73. The van der Waals surface area contributed by atoms with Crippen molar-refractivity contribution < 1.29 is 9.59 Å². The molecule has 1 aromatic carbocycles.